The van der Waals surface area contributed by atoms with Gasteiger partial charge in [0.1, 0.15) is 5.76 Å². The van der Waals surface area contributed by atoms with E-state index in [1.165, 1.54) is 0 Å². The Labute approximate surface area is 128 Å². The molecular weight excluding hydrogens is 284 g/mol. The lowest BCUT2D eigenvalue weighted by molar-refractivity contribution is -0.137. The van der Waals surface area contributed by atoms with Crippen LogP contribution in [0.25, 0.3) is 0 Å². The molecule has 2 N–H and O–H groups in total. The zero-order valence-electron chi connectivity index (χ0n) is 12.5. The number of aromatic nitrogens is 1. The van der Waals surface area contributed by atoms with Gasteiger partial charge >= 0.3 is 5.97 Å². The van der Waals surface area contributed by atoms with Crippen molar-refractivity contribution in [2.45, 2.75) is 33.1 Å². The van der Waals surface area contributed by atoms with E-state index >= 15 is 0 Å². The van der Waals surface area contributed by atoms with E-state index in [9.17, 15) is 9.59 Å². The van der Waals surface area contributed by atoms with Gasteiger partial charge in [0.05, 0.1) is 12.1 Å². The van der Waals surface area contributed by atoms with Crippen LogP contribution in [0.3, 0.4) is 0 Å². The van der Waals surface area contributed by atoms with Crippen molar-refractivity contribution >= 4 is 17.6 Å². The molecule has 1 aromatic heterocycles. The van der Waals surface area contributed by atoms with Crippen LogP contribution < -0.4 is 5.32 Å². The molecule has 116 valence electrons. The van der Waals surface area contributed by atoms with E-state index in [1.807, 2.05) is 12.1 Å². The molecule has 0 aliphatic heterocycles. The molecule has 0 saturated heterocycles. The number of aryl methyl sites for hydroxylation is 3. The first-order chi connectivity index (χ1) is 10.5. The highest BCUT2D eigenvalue weighted by Crippen LogP contribution is 2.15. The van der Waals surface area contributed by atoms with Crippen LogP contribution in [0.2, 0.25) is 0 Å². The summed E-state index contributed by atoms with van der Waals surface area (Å²) >= 11 is 0. The molecule has 0 aliphatic carbocycles. The first-order valence-electron chi connectivity index (χ1n) is 6.98. The standard InChI is InChI=1S/C16H18N2O4/c1-10-14(11(2)22-18-10)9-15(19)17-13-6-3-12(4-7-13)5-8-16(20)21/h3-4,6-7H,5,8-9H2,1-2H3,(H,17,19)(H,20,21). The van der Waals surface area contributed by atoms with Gasteiger partial charge in [-0.15, -0.1) is 0 Å². The summed E-state index contributed by atoms with van der Waals surface area (Å²) in [6.07, 6.45) is 0.780. The number of hydrogen-bond donors (Lipinski definition) is 2. The molecule has 0 spiro atoms. The number of carboxylic acids is 1. The van der Waals surface area contributed by atoms with Gasteiger partial charge in [0.25, 0.3) is 0 Å². The number of hydrogen-bond acceptors (Lipinski definition) is 4. The van der Waals surface area contributed by atoms with E-state index in [0.717, 1.165) is 16.8 Å². The smallest absolute Gasteiger partial charge is 0.303 e. The molecule has 22 heavy (non-hydrogen) atoms. The van der Waals surface area contributed by atoms with E-state index in [2.05, 4.69) is 10.5 Å². The fourth-order valence-corrected chi connectivity index (χ4v) is 2.13. The van der Waals surface area contributed by atoms with Crippen LogP contribution in [-0.4, -0.2) is 22.1 Å². The number of carbonyl (C=O) groups is 2. The molecule has 1 amide bonds. The van der Waals surface area contributed by atoms with Crippen LogP contribution in [0.4, 0.5) is 5.69 Å². The van der Waals surface area contributed by atoms with Crippen molar-refractivity contribution in [2.75, 3.05) is 5.32 Å². The molecule has 0 bridgehead atoms. The number of amides is 1. The third kappa shape index (κ3) is 4.18. The lowest BCUT2D eigenvalue weighted by atomic mass is 10.1. The van der Waals surface area contributed by atoms with E-state index < -0.39 is 5.97 Å². The van der Waals surface area contributed by atoms with Crippen molar-refractivity contribution in [3.05, 3.63) is 46.8 Å². The minimum Gasteiger partial charge on any atom is -0.481 e. The van der Waals surface area contributed by atoms with E-state index in [4.69, 9.17) is 9.63 Å². The molecule has 0 fully saturated rings. The van der Waals surface area contributed by atoms with Gasteiger partial charge in [-0.1, -0.05) is 17.3 Å². The Morgan fingerprint density at radius 3 is 2.45 bits per heavy atom. The second-order valence-electron chi connectivity index (χ2n) is 5.12. The Hall–Kier alpha value is -2.63. The highest BCUT2D eigenvalue weighted by Gasteiger charge is 2.13. The van der Waals surface area contributed by atoms with Gasteiger partial charge in [0.15, 0.2) is 0 Å². The van der Waals surface area contributed by atoms with Crippen molar-refractivity contribution < 1.29 is 19.2 Å². The Balaban J connectivity index is 1.93. The molecule has 1 heterocycles. The maximum Gasteiger partial charge on any atom is 0.303 e. The summed E-state index contributed by atoms with van der Waals surface area (Å²) in [4.78, 5) is 22.5. The average Bonchev–Trinajstić information content (AvgIpc) is 2.78. The fraction of sp³-hybridized carbons (Fsp3) is 0.312. The molecular formula is C16H18N2O4. The molecule has 0 unspecified atom stereocenters. The van der Waals surface area contributed by atoms with Crippen molar-refractivity contribution in [2.24, 2.45) is 0 Å². The summed E-state index contributed by atoms with van der Waals surface area (Å²) in [6.45, 7) is 3.58. The summed E-state index contributed by atoms with van der Waals surface area (Å²) in [5.41, 5.74) is 3.12. The minimum absolute atomic E-state index is 0.0950. The first kappa shape index (κ1) is 15.8. The third-order valence-corrected chi connectivity index (χ3v) is 3.38. The normalized spacial score (nSPS) is 10.5. The number of carbonyl (C=O) groups excluding carboxylic acids is 1. The Bertz CT molecular complexity index is 654. The average molecular weight is 302 g/mol. The maximum absolute atomic E-state index is 12.0. The van der Waals surface area contributed by atoms with Crippen molar-refractivity contribution in [3.63, 3.8) is 0 Å². The molecule has 0 aliphatic rings. The molecule has 6 nitrogen and oxygen atoms in total. The predicted octanol–water partition coefficient (Wildman–Crippen LogP) is 2.49. The largest absolute Gasteiger partial charge is 0.481 e. The van der Waals surface area contributed by atoms with Gasteiger partial charge < -0.3 is 14.9 Å². The van der Waals surface area contributed by atoms with Crippen LogP contribution in [0.15, 0.2) is 28.8 Å². The van der Waals surface area contributed by atoms with Crippen molar-refractivity contribution in [1.82, 2.24) is 5.16 Å². The van der Waals surface area contributed by atoms with Gasteiger partial charge in [0, 0.05) is 17.7 Å². The van der Waals surface area contributed by atoms with Crippen LogP contribution >= 0.6 is 0 Å². The highest BCUT2D eigenvalue weighted by atomic mass is 16.5. The van der Waals surface area contributed by atoms with Crippen LogP contribution in [0, 0.1) is 13.8 Å². The molecule has 2 aromatic rings. The number of aliphatic carboxylic acids is 1. The number of anilines is 1. The molecule has 0 radical (unpaired) electrons. The number of nitrogens with one attached hydrogen (secondary N) is 1. The monoisotopic (exact) mass is 302 g/mol. The minimum atomic E-state index is -0.822. The van der Waals surface area contributed by atoms with E-state index in [1.54, 1.807) is 26.0 Å². The SMILES string of the molecule is Cc1noc(C)c1CC(=O)Nc1ccc(CCC(=O)O)cc1. The predicted molar refractivity (Wildman–Crippen MR) is 80.7 cm³/mol. The number of benzene rings is 1. The van der Waals surface area contributed by atoms with Crippen LogP contribution in [-0.2, 0) is 22.4 Å². The lowest BCUT2D eigenvalue weighted by Crippen LogP contribution is -2.15. The Morgan fingerprint density at radius 1 is 1.23 bits per heavy atom. The summed E-state index contributed by atoms with van der Waals surface area (Å²) in [5.74, 6) is -0.318. The quantitative estimate of drug-likeness (QED) is 0.855. The van der Waals surface area contributed by atoms with E-state index in [0.29, 0.717) is 17.9 Å². The third-order valence-electron chi connectivity index (χ3n) is 3.38. The first-order valence-corrected chi connectivity index (χ1v) is 6.98. The van der Waals surface area contributed by atoms with E-state index in [-0.39, 0.29) is 18.7 Å². The summed E-state index contributed by atoms with van der Waals surface area (Å²) in [5, 5.41) is 15.3. The Morgan fingerprint density at radius 2 is 1.91 bits per heavy atom. The molecule has 6 heteroatoms. The van der Waals surface area contributed by atoms with Gasteiger partial charge in [-0.25, -0.2) is 0 Å². The lowest BCUT2D eigenvalue weighted by Gasteiger charge is -2.06. The second kappa shape index (κ2) is 6.89. The molecule has 2 rings (SSSR count). The summed E-state index contributed by atoms with van der Waals surface area (Å²) < 4.78 is 5.03. The van der Waals surface area contributed by atoms with Gasteiger partial charge in [-0.2, -0.15) is 0 Å². The Kier molecular flexibility index (Phi) is 4.93. The zero-order valence-corrected chi connectivity index (χ0v) is 12.5. The summed E-state index contributed by atoms with van der Waals surface area (Å²) in [7, 11) is 0. The fourth-order valence-electron chi connectivity index (χ4n) is 2.13. The van der Waals surface area contributed by atoms with Crippen LogP contribution in [0.5, 0.6) is 0 Å². The van der Waals surface area contributed by atoms with Gasteiger partial charge in [0.2, 0.25) is 5.91 Å². The topological polar surface area (TPSA) is 92.4 Å². The van der Waals surface area contributed by atoms with Crippen molar-refractivity contribution in [1.29, 1.82) is 0 Å². The van der Waals surface area contributed by atoms with Gasteiger partial charge in [-0.05, 0) is 38.0 Å². The summed E-state index contributed by atoms with van der Waals surface area (Å²) in [6, 6.07) is 7.16. The number of nitrogens with zero attached hydrogens (tertiary/aromatic N) is 1. The number of carboxylic acid groups (broad SMARTS) is 1. The van der Waals surface area contributed by atoms with Crippen LogP contribution in [0.1, 0.15) is 29.0 Å². The van der Waals surface area contributed by atoms with Crippen molar-refractivity contribution in [3.8, 4) is 0 Å². The maximum atomic E-state index is 12.0. The molecule has 1 aromatic carbocycles. The second-order valence-corrected chi connectivity index (χ2v) is 5.12. The molecule has 0 atom stereocenters. The number of rotatable bonds is 6. The zero-order chi connectivity index (χ0) is 16.1. The highest BCUT2D eigenvalue weighted by molar-refractivity contribution is 5.92. The van der Waals surface area contributed by atoms with Gasteiger partial charge in [-0.3, -0.25) is 9.59 Å². The molecule has 0 saturated carbocycles.